The molecule has 2 amide bonds. The van der Waals surface area contributed by atoms with Gasteiger partial charge >= 0.3 is 6.03 Å². The molecule has 34 heavy (non-hydrogen) atoms. The average molecular weight is 489 g/mol. The van der Waals surface area contributed by atoms with Gasteiger partial charge in [0.05, 0.1) is 25.6 Å². The Kier molecular flexibility index (Phi) is 6.42. The van der Waals surface area contributed by atoms with E-state index in [4.69, 9.17) is 14.3 Å². The third kappa shape index (κ3) is 4.67. The van der Waals surface area contributed by atoms with E-state index in [1.165, 1.54) is 36.3 Å². The maximum Gasteiger partial charge on any atom is 0.331 e. The number of anilines is 1. The van der Waals surface area contributed by atoms with Gasteiger partial charge < -0.3 is 14.8 Å². The Labute approximate surface area is 196 Å². The number of hydrogen-bond donors (Lipinski definition) is 3. The van der Waals surface area contributed by atoms with Crippen molar-refractivity contribution < 1.29 is 22.9 Å². The van der Waals surface area contributed by atoms with Crippen LogP contribution in [0.5, 0.6) is 11.8 Å². The monoisotopic (exact) mass is 488 g/mol. The van der Waals surface area contributed by atoms with Gasteiger partial charge in [0.25, 0.3) is 0 Å². The van der Waals surface area contributed by atoms with E-state index < -0.39 is 21.8 Å². The number of benzene rings is 1. The van der Waals surface area contributed by atoms with Gasteiger partial charge in [-0.3, -0.25) is 0 Å². The van der Waals surface area contributed by atoms with E-state index >= 15 is 0 Å². The van der Waals surface area contributed by atoms with E-state index in [1.54, 1.807) is 12.1 Å². The molecule has 1 aliphatic rings. The number of nitrogens with zero attached hydrogens (tertiary/aromatic N) is 3. The quantitative estimate of drug-likeness (QED) is 0.478. The molecule has 0 saturated heterocycles. The third-order valence-electron chi connectivity index (χ3n) is 5.31. The minimum absolute atomic E-state index is 0.00960. The second-order valence-electron chi connectivity index (χ2n) is 8.01. The van der Waals surface area contributed by atoms with Gasteiger partial charge in [-0.1, -0.05) is 13.8 Å². The van der Waals surface area contributed by atoms with Crippen molar-refractivity contribution in [2.45, 2.75) is 37.6 Å². The molecule has 12 heteroatoms. The zero-order chi connectivity index (χ0) is 24.5. The number of amides is 2. The molecule has 0 radical (unpaired) electrons. The molecule has 1 aromatic carbocycles. The smallest absolute Gasteiger partial charge is 0.331 e. The summed E-state index contributed by atoms with van der Waals surface area (Å²) >= 11 is 0. The summed E-state index contributed by atoms with van der Waals surface area (Å²) in [5.74, 6) is -0.0949. The van der Waals surface area contributed by atoms with Gasteiger partial charge in [0.15, 0.2) is 9.92 Å². The number of urea groups is 1. The lowest BCUT2D eigenvalue weighted by atomic mass is 9.94. The first kappa shape index (κ1) is 23.5. The summed E-state index contributed by atoms with van der Waals surface area (Å²) in [6.45, 7) is 4.70. The summed E-state index contributed by atoms with van der Waals surface area (Å²) < 4.78 is 50.3. The number of pyridine rings is 1. The normalized spacial score (nSPS) is 14.6. The van der Waals surface area contributed by atoms with E-state index in [9.17, 15) is 13.4 Å². The van der Waals surface area contributed by atoms with Crippen LogP contribution in [0.3, 0.4) is 0 Å². The minimum atomic E-state index is -3.78. The van der Waals surface area contributed by atoms with Crippen LogP contribution in [0, 0.1) is 10.6 Å². The van der Waals surface area contributed by atoms with Crippen LogP contribution in [0.2, 0.25) is 0 Å². The highest BCUT2D eigenvalue weighted by Crippen LogP contribution is 2.37. The van der Waals surface area contributed by atoms with Crippen molar-refractivity contribution in [2.24, 2.45) is 0 Å². The molecule has 0 fully saturated rings. The number of methoxy groups -OCH3 is 1. The molecule has 1 unspecified atom stereocenters. The number of rotatable bonds is 6. The summed E-state index contributed by atoms with van der Waals surface area (Å²) in [6, 6.07) is 5.02. The summed E-state index contributed by atoms with van der Waals surface area (Å²) in [7, 11) is -2.32. The molecule has 0 aliphatic carbocycles. The number of fused-ring (bicyclic) bond motifs is 1. The molecule has 3 aromatic rings. The number of halogens is 1. The Morgan fingerprint density at radius 2 is 2.15 bits per heavy atom. The SMILES string of the molecule is COc1cc(-c2cc(F)cc(C(C)C)c2NC(=O)NS(=N)(=O)c2cnn3c2OCCC3)ccn1. The average Bonchev–Trinajstić information content (AvgIpc) is 3.24. The molecule has 0 spiro atoms. The maximum atomic E-state index is 14.5. The van der Waals surface area contributed by atoms with Crippen LogP contribution in [-0.4, -0.2) is 38.7 Å². The van der Waals surface area contributed by atoms with Crippen molar-refractivity contribution >= 4 is 21.6 Å². The van der Waals surface area contributed by atoms with E-state index in [0.717, 1.165) is 6.42 Å². The predicted molar refractivity (Wildman–Crippen MR) is 124 cm³/mol. The Hall–Kier alpha value is -3.67. The third-order valence-corrected chi connectivity index (χ3v) is 6.68. The second-order valence-corrected chi connectivity index (χ2v) is 9.77. The molecule has 10 nitrogen and oxygen atoms in total. The number of ether oxygens (including phenoxy) is 2. The highest BCUT2D eigenvalue weighted by molar-refractivity contribution is 7.91. The number of carbonyl (C=O) groups excluding carboxylic acids is 1. The molecule has 1 atom stereocenters. The number of aryl methyl sites for hydroxylation is 1. The minimum Gasteiger partial charge on any atom is -0.481 e. The van der Waals surface area contributed by atoms with Crippen LogP contribution in [0.25, 0.3) is 11.1 Å². The molecule has 0 saturated carbocycles. The van der Waals surface area contributed by atoms with Crippen molar-refractivity contribution in [2.75, 3.05) is 19.0 Å². The van der Waals surface area contributed by atoms with Crippen molar-refractivity contribution in [3.63, 3.8) is 0 Å². The van der Waals surface area contributed by atoms with E-state index in [-0.39, 0.29) is 16.7 Å². The van der Waals surface area contributed by atoms with Crippen molar-refractivity contribution in [1.82, 2.24) is 19.5 Å². The number of aromatic nitrogens is 3. The van der Waals surface area contributed by atoms with Gasteiger partial charge in [-0.25, -0.2) is 32.6 Å². The molecular weight excluding hydrogens is 463 g/mol. The lowest BCUT2D eigenvalue weighted by molar-refractivity contribution is 0.224. The number of carbonyl (C=O) groups is 1. The van der Waals surface area contributed by atoms with Gasteiger partial charge in [-0.15, -0.1) is 0 Å². The molecule has 1 aliphatic heterocycles. The van der Waals surface area contributed by atoms with Crippen LogP contribution in [-0.2, 0) is 16.5 Å². The molecule has 180 valence electrons. The van der Waals surface area contributed by atoms with Gasteiger partial charge in [-0.2, -0.15) is 5.10 Å². The van der Waals surface area contributed by atoms with Crippen molar-refractivity contribution in [3.05, 3.63) is 48.0 Å². The molecule has 3 heterocycles. The molecule has 0 bridgehead atoms. The fourth-order valence-electron chi connectivity index (χ4n) is 3.71. The summed E-state index contributed by atoms with van der Waals surface area (Å²) in [5.41, 5.74) is 1.81. The maximum absolute atomic E-state index is 14.5. The van der Waals surface area contributed by atoms with E-state index in [1.807, 2.05) is 13.8 Å². The molecule has 2 aromatic heterocycles. The van der Waals surface area contributed by atoms with E-state index in [2.05, 4.69) is 20.1 Å². The second kappa shape index (κ2) is 9.29. The van der Waals surface area contributed by atoms with Crippen LogP contribution in [0.15, 0.2) is 41.6 Å². The standard InChI is InChI=1S/C22H25FN6O4S/c1-13(2)16-10-15(23)11-17(14-5-6-25-19(9-14)32-3)20(16)27-22(30)28-34(24,31)18-12-26-29-7-4-8-33-21(18)29/h5-6,9-13H,4,7-8H2,1-3H3,(H3,24,27,28,30,31). The first-order chi connectivity index (χ1) is 16.2. The van der Waals surface area contributed by atoms with Gasteiger partial charge in [0.1, 0.15) is 10.7 Å². The Balaban J connectivity index is 1.69. The highest BCUT2D eigenvalue weighted by Gasteiger charge is 2.26. The van der Waals surface area contributed by atoms with Crippen LogP contribution in [0.4, 0.5) is 14.9 Å². The van der Waals surface area contributed by atoms with Gasteiger partial charge in [0.2, 0.25) is 11.8 Å². The first-order valence-corrected chi connectivity index (χ1v) is 12.2. The predicted octanol–water partition coefficient (Wildman–Crippen LogP) is 4.14. The molecular formula is C22H25FN6O4S. The number of hydrogen-bond acceptors (Lipinski definition) is 7. The zero-order valence-electron chi connectivity index (χ0n) is 18.9. The zero-order valence-corrected chi connectivity index (χ0v) is 19.7. The lowest BCUT2D eigenvalue weighted by Gasteiger charge is -2.20. The van der Waals surface area contributed by atoms with Gasteiger partial charge in [0, 0.05) is 30.8 Å². The van der Waals surface area contributed by atoms with Crippen LogP contribution < -0.4 is 19.5 Å². The molecule has 3 N–H and O–H groups in total. The Morgan fingerprint density at radius 3 is 2.88 bits per heavy atom. The fraction of sp³-hybridized carbons (Fsp3) is 0.318. The highest BCUT2D eigenvalue weighted by atomic mass is 32.2. The Morgan fingerprint density at radius 1 is 1.35 bits per heavy atom. The topological polar surface area (TPSA) is 131 Å². The van der Waals surface area contributed by atoms with E-state index in [0.29, 0.717) is 41.4 Å². The fourth-order valence-corrected chi connectivity index (χ4v) is 4.73. The van der Waals surface area contributed by atoms with Crippen molar-refractivity contribution in [1.29, 1.82) is 4.78 Å². The Bertz CT molecular complexity index is 1340. The summed E-state index contributed by atoms with van der Waals surface area (Å²) in [5, 5.41) is 6.77. The summed E-state index contributed by atoms with van der Waals surface area (Å²) in [6.07, 6.45) is 3.52. The van der Waals surface area contributed by atoms with Gasteiger partial charge in [-0.05, 0) is 35.2 Å². The molecule has 4 rings (SSSR count). The van der Waals surface area contributed by atoms with Crippen LogP contribution in [0.1, 0.15) is 31.7 Å². The largest absolute Gasteiger partial charge is 0.481 e. The van der Waals surface area contributed by atoms with Crippen molar-refractivity contribution in [3.8, 4) is 22.9 Å². The summed E-state index contributed by atoms with van der Waals surface area (Å²) in [4.78, 5) is 17.0. The lowest BCUT2D eigenvalue weighted by Crippen LogP contribution is -2.34. The van der Waals surface area contributed by atoms with Crippen LogP contribution >= 0.6 is 0 Å². The first-order valence-electron chi connectivity index (χ1n) is 10.6. The number of nitrogens with one attached hydrogen (secondary N) is 3.